The highest BCUT2D eigenvalue weighted by molar-refractivity contribution is 7.17. The molecule has 0 aliphatic heterocycles. The van der Waals surface area contributed by atoms with Gasteiger partial charge in [-0.1, -0.05) is 38.0 Å². The number of hydrogen-bond donors (Lipinski definition) is 1. The molecule has 1 heterocycles. The maximum atomic E-state index is 3.75. The molecule has 3 rings (SSSR count). The molecule has 0 bridgehead atoms. The Morgan fingerprint density at radius 2 is 2.22 bits per heavy atom. The zero-order valence-electron chi connectivity index (χ0n) is 11.0. The van der Waals surface area contributed by atoms with Gasteiger partial charge < -0.3 is 5.32 Å². The summed E-state index contributed by atoms with van der Waals surface area (Å²) >= 11 is 1.88. The Kier molecular flexibility index (Phi) is 3.67. The van der Waals surface area contributed by atoms with E-state index < -0.39 is 0 Å². The predicted molar refractivity (Wildman–Crippen MR) is 80.2 cm³/mol. The maximum absolute atomic E-state index is 3.75. The summed E-state index contributed by atoms with van der Waals surface area (Å²) < 4.78 is 1.48. The molecule has 1 saturated carbocycles. The van der Waals surface area contributed by atoms with Gasteiger partial charge in [0.1, 0.15) is 0 Å². The van der Waals surface area contributed by atoms with Crippen LogP contribution < -0.4 is 5.32 Å². The third-order valence-corrected chi connectivity index (χ3v) is 4.77. The first kappa shape index (κ1) is 12.2. The zero-order chi connectivity index (χ0) is 12.4. The first-order valence-corrected chi connectivity index (χ1v) is 7.96. The Morgan fingerprint density at radius 1 is 1.33 bits per heavy atom. The van der Waals surface area contributed by atoms with Crippen LogP contribution in [0.1, 0.15) is 44.2 Å². The fraction of sp³-hybridized carbons (Fsp3) is 0.500. The van der Waals surface area contributed by atoms with Crippen molar-refractivity contribution in [2.24, 2.45) is 5.92 Å². The van der Waals surface area contributed by atoms with Crippen LogP contribution in [0.2, 0.25) is 0 Å². The van der Waals surface area contributed by atoms with Crippen LogP contribution in [0, 0.1) is 5.92 Å². The van der Waals surface area contributed by atoms with Gasteiger partial charge in [-0.3, -0.25) is 0 Å². The lowest BCUT2D eigenvalue weighted by molar-refractivity contribution is 0.477. The summed E-state index contributed by atoms with van der Waals surface area (Å²) in [5.41, 5.74) is 1.52. The first-order valence-electron chi connectivity index (χ1n) is 7.08. The minimum Gasteiger partial charge on any atom is -0.310 e. The normalized spacial score (nSPS) is 17.2. The van der Waals surface area contributed by atoms with Gasteiger partial charge in [-0.25, -0.2) is 0 Å². The molecule has 0 saturated heterocycles. The Balaban J connectivity index is 1.88. The number of rotatable bonds is 6. The summed E-state index contributed by atoms with van der Waals surface area (Å²) in [6, 6.07) is 9.53. The summed E-state index contributed by atoms with van der Waals surface area (Å²) in [5, 5.41) is 7.36. The molecule has 0 amide bonds. The van der Waals surface area contributed by atoms with Gasteiger partial charge in [0.05, 0.1) is 0 Å². The molecule has 18 heavy (non-hydrogen) atoms. The molecule has 1 atom stereocenters. The Morgan fingerprint density at radius 3 is 3.00 bits per heavy atom. The molecule has 1 fully saturated rings. The number of benzene rings is 1. The van der Waals surface area contributed by atoms with Crippen molar-refractivity contribution in [3.63, 3.8) is 0 Å². The van der Waals surface area contributed by atoms with Crippen LogP contribution >= 0.6 is 11.3 Å². The molecule has 1 aromatic carbocycles. The quantitative estimate of drug-likeness (QED) is 0.790. The predicted octanol–water partition coefficient (Wildman–Crippen LogP) is 4.74. The molecule has 1 aliphatic carbocycles. The van der Waals surface area contributed by atoms with E-state index in [1.54, 1.807) is 0 Å². The summed E-state index contributed by atoms with van der Waals surface area (Å²) in [7, 11) is 0. The van der Waals surface area contributed by atoms with E-state index in [2.05, 4.69) is 41.9 Å². The molecule has 96 valence electrons. The van der Waals surface area contributed by atoms with Crippen LogP contribution in [0.25, 0.3) is 10.1 Å². The lowest BCUT2D eigenvalue weighted by Gasteiger charge is -2.19. The maximum Gasteiger partial charge on any atom is 0.0390 e. The molecule has 2 heteroatoms. The average Bonchev–Trinajstić information content (AvgIpc) is 3.07. The van der Waals surface area contributed by atoms with Crippen molar-refractivity contribution in [2.75, 3.05) is 6.54 Å². The molecule has 2 aromatic rings. The lowest BCUT2D eigenvalue weighted by Crippen LogP contribution is -2.22. The Labute approximate surface area is 113 Å². The second kappa shape index (κ2) is 5.41. The molecule has 0 spiro atoms. The SMILES string of the molecule is CCCNC(CC1CC1)c1cccc2ccsc12. The third kappa shape index (κ3) is 2.60. The highest BCUT2D eigenvalue weighted by atomic mass is 32.1. The van der Waals surface area contributed by atoms with Gasteiger partial charge in [0.25, 0.3) is 0 Å². The molecule has 1 unspecified atom stereocenters. The minimum absolute atomic E-state index is 0.555. The lowest BCUT2D eigenvalue weighted by atomic mass is 10.00. The van der Waals surface area contributed by atoms with Gasteiger partial charge in [0.15, 0.2) is 0 Å². The second-order valence-electron chi connectivity index (χ2n) is 5.37. The molecule has 0 radical (unpaired) electrons. The van der Waals surface area contributed by atoms with E-state index in [0.717, 1.165) is 12.5 Å². The van der Waals surface area contributed by atoms with E-state index >= 15 is 0 Å². The van der Waals surface area contributed by atoms with Gasteiger partial charge in [-0.15, -0.1) is 11.3 Å². The van der Waals surface area contributed by atoms with Crippen molar-refractivity contribution in [1.82, 2.24) is 5.32 Å². The zero-order valence-corrected chi connectivity index (χ0v) is 11.8. The Bertz CT molecular complexity index is 513. The fourth-order valence-corrected chi connectivity index (χ4v) is 3.59. The standard InChI is InChI=1S/C16H21NS/c1-2-9-17-15(11-12-6-7-12)14-5-3-4-13-8-10-18-16(13)14/h3-5,8,10,12,15,17H,2,6-7,9,11H2,1H3. The summed E-state index contributed by atoms with van der Waals surface area (Å²) in [4.78, 5) is 0. The molecule has 1 aliphatic rings. The van der Waals surface area contributed by atoms with Crippen LogP contribution in [0.4, 0.5) is 0 Å². The Hall–Kier alpha value is -0.860. The highest BCUT2D eigenvalue weighted by Gasteiger charge is 2.26. The number of nitrogens with one attached hydrogen (secondary N) is 1. The van der Waals surface area contributed by atoms with Gasteiger partial charge in [-0.2, -0.15) is 0 Å². The van der Waals surface area contributed by atoms with Gasteiger partial charge in [-0.05, 0) is 47.7 Å². The number of hydrogen-bond acceptors (Lipinski definition) is 2. The van der Waals surface area contributed by atoms with Crippen molar-refractivity contribution in [1.29, 1.82) is 0 Å². The average molecular weight is 259 g/mol. The largest absolute Gasteiger partial charge is 0.310 e. The summed E-state index contributed by atoms with van der Waals surface area (Å²) in [5.74, 6) is 0.967. The molecular weight excluding hydrogens is 238 g/mol. The van der Waals surface area contributed by atoms with Gasteiger partial charge in [0, 0.05) is 10.7 Å². The van der Waals surface area contributed by atoms with Crippen molar-refractivity contribution in [3.8, 4) is 0 Å². The first-order chi connectivity index (χ1) is 8.88. The molecule has 1 N–H and O–H groups in total. The van der Waals surface area contributed by atoms with Crippen molar-refractivity contribution < 1.29 is 0 Å². The van der Waals surface area contributed by atoms with E-state index in [4.69, 9.17) is 0 Å². The third-order valence-electron chi connectivity index (χ3n) is 3.79. The van der Waals surface area contributed by atoms with Crippen molar-refractivity contribution >= 4 is 21.4 Å². The van der Waals surface area contributed by atoms with E-state index in [1.165, 1.54) is 41.3 Å². The topological polar surface area (TPSA) is 12.0 Å². The molecule has 1 nitrogen and oxygen atoms in total. The minimum atomic E-state index is 0.555. The summed E-state index contributed by atoms with van der Waals surface area (Å²) in [6.07, 6.45) is 5.40. The highest BCUT2D eigenvalue weighted by Crippen LogP contribution is 2.40. The van der Waals surface area contributed by atoms with E-state index in [9.17, 15) is 0 Å². The van der Waals surface area contributed by atoms with E-state index in [1.807, 2.05) is 11.3 Å². The smallest absolute Gasteiger partial charge is 0.0390 e. The van der Waals surface area contributed by atoms with Crippen LogP contribution in [-0.2, 0) is 0 Å². The van der Waals surface area contributed by atoms with E-state index in [-0.39, 0.29) is 0 Å². The van der Waals surface area contributed by atoms with Crippen LogP contribution in [0.15, 0.2) is 29.6 Å². The summed E-state index contributed by atoms with van der Waals surface area (Å²) in [6.45, 7) is 3.37. The molecule has 1 aromatic heterocycles. The monoisotopic (exact) mass is 259 g/mol. The molecular formula is C16H21NS. The van der Waals surface area contributed by atoms with Gasteiger partial charge in [0.2, 0.25) is 0 Å². The van der Waals surface area contributed by atoms with Gasteiger partial charge >= 0.3 is 0 Å². The van der Waals surface area contributed by atoms with Crippen LogP contribution in [0.3, 0.4) is 0 Å². The number of thiophene rings is 1. The van der Waals surface area contributed by atoms with Crippen LogP contribution in [0.5, 0.6) is 0 Å². The second-order valence-corrected chi connectivity index (χ2v) is 6.29. The van der Waals surface area contributed by atoms with Crippen molar-refractivity contribution in [2.45, 2.75) is 38.6 Å². The van der Waals surface area contributed by atoms with Crippen molar-refractivity contribution in [3.05, 3.63) is 35.2 Å². The number of fused-ring (bicyclic) bond motifs is 1. The van der Waals surface area contributed by atoms with E-state index in [0.29, 0.717) is 6.04 Å². The van der Waals surface area contributed by atoms with Crippen LogP contribution in [-0.4, -0.2) is 6.54 Å². The fourth-order valence-electron chi connectivity index (χ4n) is 2.62.